The van der Waals surface area contributed by atoms with Crippen LogP contribution in [0.2, 0.25) is 0 Å². The van der Waals surface area contributed by atoms with E-state index in [1.807, 2.05) is 26.5 Å². The number of rotatable bonds is 0. The lowest BCUT2D eigenvalue weighted by molar-refractivity contribution is -0.683. The van der Waals surface area contributed by atoms with Gasteiger partial charge in [0, 0.05) is 27.7 Å². The summed E-state index contributed by atoms with van der Waals surface area (Å²) in [5.41, 5.74) is 2.69. The van der Waals surface area contributed by atoms with Crippen molar-refractivity contribution in [3.63, 3.8) is 0 Å². The van der Waals surface area contributed by atoms with E-state index < -0.39 is 0 Å². The number of aromatic nitrogens is 4. The molecule has 0 spiro atoms. The monoisotopic (exact) mass is 266 g/mol. The maximum absolute atomic E-state index is 2.20. The van der Waals surface area contributed by atoms with E-state index in [9.17, 15) is 0 Å². The highest BCUT2D eigenvalue weighted by molar-refractivity contribution is 5.05. The molecule has 2 aromatic heterocycles. The molecule has 0 aliphatic carbocycles. The minimum Gasteiger partial charge on any atom is -0.237 e. The van der Waals surface area contributed by atoms with Gasteiger partial charge in [-0.2, -0.15) is 0 Å². The van der Waals surface area contributed by atoms with Crippen LogP contribution in [0.1, 0.15) is 30.5 Å². The summed E-state index contributed by atoms with van der Waals surface area (Å²) >= 11 is 0. The van der Waals surface area contributed by atoms with Crippen molar-refractivity contribution in [3.05, 3.63) is 35.4 Å². The van der Waals surface area contributed by atoms with Crippen LogP contribution in [0.15, 0.2) is 12.4 Å². The number of imidazole rings is 2. The first-order valence-electron chi connectivity index (χ1n) is 6.23. The predicted octanol–water partition coefficient (Wildman–Crippen LogP) is 1.57. The SMILES string of the molecule is C.Cc1c(C)[n+](C)c(C)n1C.Cc1n(C)cc[n+]1C. The van der Waals surface area contributed by atoms with Gasteiger partial charge in [0.05, 0.1) is 28.2 Å². The maximum Gasteiger partial charge on any atom is 0.253 e. The summed E-state index contributed by atoms with van der Waals surface area (Å²) in [6.45, 7) is 8.49. The Balaban J connectivity index is 0.000000331. The summed E-state index contributed by atoms with van der Waals surface area (Å²) in [4.78, 5) is 0. The molecule has 108 valence electrons. The largest absolute Gasteiger partial charge is 0.253 e. The van der Waals surface area contributed by atoms with Crippen molar-refractivity contribution in [3.8, 4) is 0 Å². The fraction of sp³-hybridized carbons (Fsp3) is 0.600. The molecule has 0 saturated carbocycles. The van der Waals surface area contributed by atoms with Gasteiger partial charge in [-0.3, -0.25) is 0 Å². The normalized spacial score (nSPS) is 9.68. The second-order valence-electron chi connectivity index (χ2n) is 4.90. The van der Waals surface area contributed by atoms with E-state index in [4.69, 9.17) is 0 Å². The molecule has 2 aromatic rings. The Bertz CT molecular complexity index is 447. The highest BCUT2D eigenvalue weighted by Crippen LogP contribution is 2.02. The summed E-state index contributed by atoms with van der Waals surface area (Å²) in [5, 5.41) is 0. The van der Waals surface area contributed by atoms with Crippen LogP contribution in [-0.2, 0) is 28.2 Å². The van der Waals surface area contributed by atoms with Gasteiger partial charge in [-0.1, -0.05) is 7.43 Å². The molecule has 4 nitrogen and oxygen atoms in total. The zero-order chi connectivity index (χ0) is 14.0. The third kappa shape index (κ3) is 3.46. The van der Waals surface area contributed by atoms with Crippen molar-refractivity contribution in [2.45, 2.75) is 35.1 Å². The van der Waals surface area contributed by atoms with Crippen LogP contribution in [0, 0.1) is 27.7 Å². The third-order valence-electron chi connectivity index (χ3n) is 4.04. The van der Waals surface area contributed by atoms with Gasteiger partial charge in [0.25, 0.3) is 11.6 Å². The average Bonchev–Trinajstić information content (AvgIpc) is 2.73. The van der Waals surface area contributed by atoms with Crippen molar-refractivity contribution in [1.29, 1.82) is 0 Å². The minimum atomic E-state index is 0. The van der Waals surface area contributed by atoms with E-state index in [0.717, 1.165) is 0 Å². The summed E-state index contributed by atoms with van der Waals surface area (Å²) < 4.78 is 8.57. The average molecular weight is 266 g/mol. The Hall–Kier alpha value is -1.58. The van der Waals surface area contributed by atoms with Gasteiger partial charge < -0.3 is 0 Å². The molecular formula is C15H30N4+2. The highest BCUT2D eigenvalue weighted by Gasteiger charge is 2.14. The predicted molar refractivity (Wildman–Crippen MR) is 78.9 cm³/mol. The van der Waals surface area contributed by atoms with E-state index in [2.05, 4.69) is 60.1 Å². The lowest BCUT2D eigenvalue weighted by Crippen LogP contribution is -2.32. The number of hydrogen-bond acceptors (Lipinski definition) is 0. The molecule has 4 heteroatoms. The molecular weight excluding hydrogens is 236 g/mol. The first-order valence-corrected chi connectivity index (χ1v) is 6.23. The Morgan fingerprint density at radius 2 is 1.47 bits per heavy atom. The minimum absolute atomic E-state index is 0. The van der Waals surface area contributed by atoms with E-state index in [1.54, 1.807) is 0 Å². The molecule has 2 heterocycles. The Kier molecular flexibility index (Phi) is 6.00. The van der Waals surface area contributed by atoms with Crippen LogP contribution >= 0.6 is 0 Å². The molecule has 0 N–H and O–H groups in total. The zero-order valence-electron chi connectivity index (χ0n) is 12.9. The van der Waals surface area contributed by atoms with Gasteiger partial charge >= 0.3 is 0 Å². The van der Waals surface area contributed by atoms with Gasteiger partial charge in [0.2, 0.25) is 0 Å². The fourth-order valence-electron chi connectivity index (χ4n) is 1.86. The first kappa shape index (κ1) is 17.4. The topological polar surface area (TPSA) is 17.6 Å². The van der Waals surface area contributed by atoms with Crippen LogP contribution < -0.4 is 9.13 Å². The fourth-order valence-corrected chi connectivity index (χ4v) is 1.86. The number of hydrogen-bond donors (Lipinski definition) is 0. The van der Waals surface area contributed by atoms with E-state index in [-0.39, 0.29) is 7.43 Å². The molecule has 0 aliphatic heterocycles. The van der Waals surface area contributed by atoms with Gasteiger partial charge in [-0.05, 0) is 0 Å². The zero-order valence-corrected chi connectivity index (χ0v) is 12.9. The number of aryl methyl sites for hydroxylation is 2. The Labute approximate surface area is 117 Å². The molecule has 0 saturated heterocycles. The summed E-state index contributed by atoms with van der Waals surface area (Å²) in [7, 11) is 8.26. The lowest BCUT2D eigenvalue weighted by atomic mass is 10.4. The van der Waals surface area contributed by atoms with Crippen LogP contribution in [0.5, 0.6) is 0 Å². The summed E-state index contributed by atoms with van der Waals surface area (Å²) in [5.74, 6) is 2.57. The Morgan fingerprint density at radius 1 is 0.947 bits per heavy atom. The molecule has 0 radical (unpaired) electrons. The second-order valence-corrected chi connectivity index (χ2v) is 4.90. The standard InChI is InChI=1S/C8H15N2.C6H11N2.CH4/c1-6-7(2)10(5)8(3)9(6)4;1-6-7(2)4-5-8(6)3;/h1-5H3;4-5H,1-3H3;1H4/q2*+1;. The van der Waals surface area contributed by atoms with Crippen LogP contribution in [0.25, 0.3) is 0 Å². The molecule has 0 aliphatic rings. The van der Waals surface area contributed by atoms with Gasteiger partial charge in [0.1, 0.15) is 23.8 Å². The maximum atomic E-state index is 2.20. The summed E-state index contributed by atoms with van der Waals surface area (Å²) in [6.07, 6.45) is 4.07. The molecule has 19 heavy (non-hydrogen) atoms. The van der Waals surface area contributed by atoms with E-state index >= 15 is 0 Å². The quantitative estimate of drug-likeness (QED) is 0.644. The van der Waals surface area contributed by atoms with Crippen LogP contribution in [0.4, 0.5) is 0 Å². The molecule has 0 bridgehead atoms. The van der Waals surface area contributed by atoms with Gasteiger partial charge in [0.15, 0.2) is 0 Å². The van der Waals surface area contributed by atoms with E-state index in [1.165, 1.54) is 23.0 Å². The van der Waals surface area contributed by atoms with Crippen molar-refractivity contribution in [1.82, 2.24) is 9.13 Å². The van der Waals surface area contributed by atoms with Crippen LogP contribution in [0.3, 0.4) is 0 Å². The summed E-state index contributed by atoms with van der Waals surface area (Å²) in [6, 6.07) is 0. The smallest absolute Gasteiger partial charge is 0.237 e. The molecule has 2 rings (SSSR count). The van der Waals surface area contributed by atoms with E-state index in [0.29, 0.717) is 0 Å². The lowest BCUT2D eigenvalue weighted by Gasteiger charge is -1.87. The molecule has 0 atom stereocenters. The molecule has 0 fully saturated rings. The number of nitrogens with zero attached hydrogens (tertiary/aromatic N) is 4. The third-order valence-corrected chi connectivity index (χ3v) is 4.04. The van der Waals surface area contributed by atoms with Crippen molar-refractivity contribution in [2.75, 3.05) is 0 Å². The highest BCUT2D eigenvalue weighted by atomic mass is 15.1. The molecule has 0 unspecified atom stereocenters. The molecule has 0 amide bonds. The first-order chi connectivity index (χ1) is 8.27. The van der Waals surface area contributed by atoms with Crippen molar-refractivity contribution >= 4 is 0 Å². The molecule has 0 aromatic carbocycles. The van der Waals surface area contributed by atoms with Gasteiger partial charge in [-0.25, -0.2) is 18.3 Å². The van der Waals surface area contributed by atoms with Crippen molar-refractivity contribution < 1.29 is 9.13 Å². The van der Waals surface area contributed by atoms with Gasteiger partial charge in [-0.15, -0.1) is 0 Å². The second kappa shape index (κ2) is 6.55. The van der Waals surface area contributed by atoms with Crippen LogP contribution in [-0.4, -0.2) is 9.13 Å². The Morgan fingerprint density at radius 3 is 1.58 bits per heavy atom. The van der Waals surface area contributed by atoms with Crippen molar-refractivity contribution in [2.24, 2.45) is 28.2 Å².